The van der Waals surface area contributed by atoms with E-state index in [9.17, 15) is 48.3 Å². The third-order valence-corrected chi connectivity index (χ3v) is 20.7. The summed E-state index contributed by atoms with van der Waals surface area (Å²) in [6.07, 6.45) is 2.44. The fourth-order valence-corrected chi connectivity index (χ4v) is 14.5. The van der Waals surface area contributed by atoms with Crippen LogP contribution in [0.5, 0.6) is 23.0 Å². The van der Waals surface area contributed by atoms with Crippen molar-refractivity contribution in [3.63, 3.8) is 0 Å². The number of rotatable bonds is 25. The van der Waals surface area contributed by atoms with Gasteiger partial charge in [-0.05, 0) is 109 Å². The highest BCUT2D eigenvalue weighted by molar-refractivity contribution is 6.07. The largest absolute Gasteiger partial charge is 0.493 e. The minimum absolute atomic E-state index is 0.0592. The zero-order valence-corrected chi connectivity index (χ0v) is 61.5. The second kappa shape index (κ2) is 31.7. The first-order chi connectivity index (χ1) is 52.0. The Bertz CT molecular complexity index is 4580. The van der Waals surface area contributed by atoms with Crippen molar-refractivity contribution in [1.29, 1.82) is 0 Å². The van der Waals surface area contributed by atoms with Crippen LogP contribution < -0.4 is 76.5 Å². The van der Waals surface area contributed by atoms with Crippen LogP contribution in [-0.2, 0) is 46.7 Å². The molecular formula is C79H90N14O15. The lowest BCUT2D eigenvalue weighted by atomic mass is 9.96. The van der Waals surface area contributed by atoms with E-state index in [4.69, 9.17) is 23.7 Å². The third kappa shape index (κ3) is 15.8. The molecule has 1 saturated carbocycles. The molecule has 13 rings (SSSR count). The number of aliphatic hydroxyl groups excluding tert-OH is 1. The summed E-state index contributed by atoms with van der Waals surface area (Å²) in [6.45, 7) is 5.04. The lowest BCUT2D eigenvalue weighted by Crippen LogP contribution is -2.55. The van der Waals surface area contributed by atoms with Crippen molar-refractivity contribution in [3.05, 3.63) is 166 Å². The van der Waals surface area contributed by atoms with Gasteiger partial charge in [0.05, 0.1) is 98.7 Å². The summed E-state index contributed by atoms with van der Waals surface area (Å²) in [6, 6.07) is 33.4. The number of methoxy groups -OCH3 is 2. The van der Waals surface area contributed by atoms with E-state index in [0.29, 0.717) is 72.0 Å². The average Bonchev–Trinajstić information content (AvgIpc) is 1.56. The Labute approximate surface area is 625 Å². The number of fused-ring (bicyclic) bond motifs is 8. The quantitative estimate of drug-likeness (QED) is 0.0269. The number of nitrogens with one attached hydrogen (secondary N) is 8. The molecule has 6 aromatic rings. The van der Waals surface area contributed by atoms with Gasteiger partial charge in [-0.1, -0.05) is 80.6 Å². The van der Waals surface area contributed by atoms with Crippen LogP contribution in [0, 0.1) is 11.3 Å². The zero-order valence-electron chi connectivity index (χ0n) is 61.5. The smallest absolute Gasteiger partial charge is 0.416 e. The van der Waals surface area contributed by atoms with Crippen LogP contribution in [0.25, 0.3) is 17.0 Å². The molecule has 1 aliphatic carbocycles. The standard InChI is InChI=1S/C79H90N14O15/c1-45(2)70(85-68(96)40-82-67(95)39-81-66(94)26-27-69(97)91-41-49-14-9-10-15-54(49)72-71(86-87-89(72)6)55-16-11-12-17-59(55)91)74(99)83-46(3)73(98)84-51-22-18-47(19-23-51)43-108-78(103)93-60-36-65(63(105-8)34-57(60)76(101)92-44-79(28-29-79)37-61(92)77(93)102)107-31-13-30-106-64-35-58-56(33-62(64)104-7)75(100)90-42-50(32-53(90)38-80-58)48-20-24-52(25-21-48)88(4)5/h9-12,14-25,33-36,42,45-46,53,61,70,77,80,86-87,102H,13,26-32,37-41,43-44H2,1-8H3,(H,81,94)(H,82,95)(H,83,99)(H,84,98)(H,85,96)/t46-,53-,61-,70-,77?/m0/s1. The maximum absolute atomic E-state index is 14.5. The molecule has 0 bridgehead atoms. The highest BCUT2D eigenvalue weighted by Crippen LogP contribution is 2.57. The van der Waals surface area contributed by atoms with Crippen molar-refractivity contribution in [2.75, 3.05) is 100 Å². The van der Waals surface area contributed by atoms with Gasteiger partial charge in [0, 0.05) is 94.3 Å². The topological polar surface area (TPSA) is 336 Å². The summed E-state index contributed by atoms with van der Waals surface area (Å²) in [7, 11) is 8.85. The molecule has 0 aromatic heterocycles. The van der Waals surface area contributed by atoms with Gasteiger partial charge in [0.1, 0.15) is 18.7 Å². The van der Waals surface area contributed by atoms with Crippen molar-refractivity contribution in [3.8, 4) is 23.0 Å². The summed E-state index contributed by atoms with van der Waals surface area (Å²) >= 11 is 0. The van der Waals surface area contributed by atoms with Crippen LogP contribution in [0.1, 0.15) is 114 Å². The Morgan fingerprint density at radius 3 is 2.09 bits per heavy atom. The average molecular weight is 1480 g/mol. The molecule has 0 radical (unpaired) electrons. The monoisotopic (exact) mass is 1470 g/mol. The van der Waals surface area contributed by atoms with Gasteiger partial charge >= 0.3 is 6.09 Å². The first-order valence-corrected chi connectivity index (χ1v) is 36.2. The molecule has 9 N–H and O–H groups in total. The van der Waals surface area contributed by atoms with Gasteiger partial charge in [0.25, 0.3) is 11.8 Å². The minimum Gasteiger partial charge on any atom is -0.493 e. The number of para-hydroxylation sites is 1. The molecule has 7 aliphatic rings. The van der Waals surface area contributed by atoms with E-state index >= 15 is 0 Å². The number of amides is 9. The fourth-order valence-electron chi connectivity index (χ4n) is 14.5. The molecule has 9 amide bonds. The van der Waals surface area contributed by atoms with Gasteiger partial charge in [-0.25, -0.2) is 9.69 Å². The Morgan fingerprint density at radius 1 is 0.713 bits per heavy atom. The second-order valence-corrected chi connectivity index (χ2v) is 28.6. The van der Waals surface area contributed by atoms with Crippen molar-refractivity contribution in [2.45, 2.75) is 109 Å². The summed E-state index contributed by atoms with van der Waals surface area (Å²) < 4.78 is 30.0. The van der Waals surface area contributed by atoms with Crippen LogP contribution in [0.3, 0.4) is 0 Å². The van der Waals surface area contributed by atoms with Gasteiger partial charge in [0.2, 0.25) is 35.4 Å². The predicted molar refractivity (Wildman–Crippen MR) is 403 cm³/mol. The highest BCUT2D eigenvalue weighted by Gasteiger charge is 2.58. The van der Waals surface area contributed by atoms with E-state index in [-0.39, 0.29) is 91.1 Å². The van der Waals surface area contributed by atoms with Crippen LogP contribution in [0.4, 0.5) is 33.2 Å². The Hall–Kier alpha value is -11.9. The van der Waals surface area contributed by atoms with Crippen LogP contribution in [0.15, 0.2) is 128 Å². The van der Waals surface area contributed by atoms with Gasteiger partial charge in [0.15, 0.2) is 29.2 Å². The van der Waals surface area contributed by atoms with Gasteiger partial charge in [-0.3, -0.25) is 43.4 Å². The molecule has 566 valence electrons. The number of benzene rings is 6. The summed E-state index contributed by atoms with van der Waals surface area (Å²) in [5, 5.41) is 30.5. The van der Waals surface area contributed by atoms with Crippen molar-refractivity contribution >= 4 is 98.8 Å². The van der Waals surface area contributed by atoms with E-state index in [1.54, 1.807) is 64.9 Å². The number of aliphatic hydroxyl groups is 1. The lowest BCUT2D eigenvalue weighted by Gasteiger charge is -2.31. The van der Waals surface area contributed by atoms with E-state index in [0.717, 1.165) is 62.6 Å². The number of carbonyl (C=O) groups excluding carboxylic acids is 9. The number of hydrogen-bond donors (Lipinski definition) is 9. The van der Waals surface area contributed by atoms with Crippen LogP contribution in [-0.4, -0.2) is 178 Å². The normalized spacial score (nSPS) is 18.2. The molecule has 29 nitrogen and oxygen atoms in total. The van der Waals surface area contributed by atoms with Crippen molar-refractivity contribution < 1.29 is 71.9 Å². The van der Waals surface area contributed by atoms with Gasteiger partial charge < -0.3 is 85.7 Å². The SMILES string of the molecule is COc1cc2c(cc1OCCCOc1cc3c(cc1OC)C(=O)N1CC4(CC4)C[C@H]1C(O)N3C(=O)OCc1ccc(NC(=O)[C@H](C)NC(=O)[C@@H](NC(=O)CNC(=O)CNC(=O)CCC(=O)N3Cc4ccccc4C4=C(NNN4C)c4ccccc43)C(C)C)cc1)NC[C@@H]1CC(c3ccc(N(C)C)cc3)=CN1C2=O. The molecule has 2 fully saturated rings. The maximum Gasteiger partial charge on any atom is 0.416 e. The van der Waals surface area contributed by atoms with Crippen LogP contribution in [0.2, 0.25) is 0 Å². The Balaban J connectivity index is 0.569. The van der Waals surface area contributed by atoms with E-state index in [2.05, 4.69) is 67.1 Å². The number of ether oxygens (including phenoxy) is 5. The molecule has 6 aromatic carbocycles. The minimum atomic E-state index is -1.50. The molecule has 5 atom stereocenters. The van der Waals surface area contributed by atoms with Gasteiger partial charge in [-0.15, -0.1) is 5.53 Å². The summed E-state index contributed by atoms with van der Waals surface area (Å²) in [4.78, 5) is 131. The summed E-state index contributed by atoms with van der Waals surface area (Å²) in [5.74, 6) is -3.26. The third-order valence-electron chi connectivity index (χ3n) is 20.7. The molecule has 1 saturated heterocycles. The zero-order chi connectivity index (χ0) is 76.2. The molecule has 6 aliphatic heterocycles. The van der Waals surface area contributed by atoms with E-state index in [1.807, 2.05) is 85.8 Å². The summed E-state index contributed by atoms with van der Waals surface area (Å²) in [5.41, 5.74) is 16.6. The number of anilines is 5. The second-order valence-electron chi connectivity index (χ2n) is 28.6. The number of hydrogen-bond acceptors (Lipinski definition) is 20. The number of carbonyl (C=O) groups is 9. The van der Waals surface area contributed by atoms with E-state index in [1.165, 1.54) is 33.3 Å². The Kier molecular flexibility index (Phi) is 21.8. The molecule has 108 heavy (non-hydrogen) atoms. The number of nitrogens with zero attached hydrogens (tertiary/aromatic N) is 6. The highest BCUT2D eigenvalue weighted by atomic mass is 16.6. The van der Waals surface area contributed by atoms with E-state index < -0.39 is 79.0 Å². The number of hydrazine groups is 2. The Morgan fingerprint density at radius 2 is 1.39 bits per heavy atom. The van der Waals surface area contributed by atoms with Crippen molar-refractivity contribution in [2.24, 2.45) is 11.3 Å². The predicted octanol–water partition coefficient (Wildman–Crippen LogP) is 6.69. The molecular weight excluding hydrogens is 1380 g/mol. The van der Waals surface area contributed by atoms with Crippen molar-refractivity contribution in [1.82, 2.24) is 47.0 Å². The first kappa shape index (κ1) is 74.4. The van der Waals surface area contributed by atoms with Gasteiger partial charge in [-0.2, -0.15) is 0 Å². The molecule has 6 heterocycles. The lowest BCUT2D eigenvalue weighted by molar-refractivity contribution is -0.132. The fraction of sp³-hybridized carbons (Fsp3) is 0.380. The molecule has 1 spiro atoms. The maximum atomic E-state index is 14.5. The molecule has 1 unspecified atom stereocenters. The first-order valence-electron chi connectivity index (χ1n) is 36.2. The van der Waals surface area contributed by atoms with Crippen LogP contribution >= 0.6 is 0 Å². The molecule has 29 heteroatoms.